The normalized spacial score (nSPS) is 14.1. The number of aromatic nitrogens is 2. The molecule has 36 heavy (non-hydrogen) atoms. The minimum absolute atomic E-state index is 0.0330. The summed E-state index contributed by atoms with van der Waals surface area (Å²) in [5, 5.41) is 7.11. The van der Waals surface area contributed by atoms with Crippen molar-refractivity contribution in [1.29, 1.82) is 0 Å². The summed E-state index contributed by atoms with van der Waals surface area (Å²) in [6.45, 7) is 14.0. The molecular formula is C26H38N4O4S2. The van der Waals surface area contributed by atoms with E-state index in [1.54, 1.807) is 18.4 Å². The van der Waals surface area contributed by atoms with Gasteiger partial charge in [-0.05, 0) is 73.4 Å². The van der Waals surface area contributed by atoms with Crippen LogP contribution in [0.2, 0.25) is 0 Å². The Labute approximate surface area is 218 Å². The van der Waals surface area contributed by atoms with Gasteiger partial charge in [-0.15, -0.1) is 11.3 Å². The molecule has 0 radical (unpaired) electrons. The molecule has 0 amide bonds. The Morgan fingerprint density at radius 3 is 2.28 bits per heavy atom. The Kier molecular flexibility index (Phi) is 8.84. The van der Waals surface area contributed by atoms with Crippen LogP contribution in [0.25, 0.3) is 22.3 Å². The Morgan fingerprint density at radius 1 is 1.03 bits per heavy atom. The fourth-order valence-corrected chi connectivity index (χ4v) is 5.81. The lowest BCUT2D eigenvalue weighted by molar-refractivity contribution is 0.133. The van der Waals surface area contributed by atoms with Crippen LogP contribution in [0.15, 0.2) is 29.6 Å². The second-order valence-electron chi connectivity index (χ2n) is 10.5. The third-order valence-corrected chi connectivity index (χ3v) is 7.86. The Morgan fingerprint density at radius 2 is 1.72 bits per heavy atom. The first-order chi connectivity index (χ1) is 16.8. The number of pyridine rings is 1. The molecular weight excluding hydrogens is 496 g/mol. The number of hydrogen-bond acceptors (Lipinski definition) is 8. The number of thiazole rings is 1. The summed E-state index contributed by atoms with van der Waals surface area (Å²) in [5.74, 6) is 1.57. The third-order valence-electron chi connectivity index (χ3n) is 4.94. The number of anilines is 1. The van der Waals surface area contributed by atoms with Crippen LogP contribution in [0, 0.1) is 0 Å². The highest BCUT2D eigenvalue weighted by atomic mass is 32.2. The van der Waals surface area contributed by atoms with E-state index < -0.39 is 10.0 Å². The molecule has 4 rings (SSSR count). The zero-order valence-corrected chi connectivity index (χ0v) is 24.0. The molecule has 1 aliphatic carbocycles. The van der Waals surface area contributed by atoms with E-state index in [0.29, 0.717) is 6.04 Å². The lowest BCUT2D eigenvalue weighted by Gasteiger charge is -2.22. The van der Waals surface area contributed by atoms with Crippen molar-refractivity contribution in [3.05, 3.63) is 29.6 Å². The fourth-order valence-electron chi connectivity index (χ4n) is 3.36. The molecule has 2 N–H and O–H groups in total. The molecule has 1 fully saturated rings. The van der Waals surface area contributed by atoms with Crippen molar-refractivity contribution in [3.8, 4) is 22.9 Å². The maximum atomic E-state index is 11.1. The number of nitrogens with one attached hydrogen (secondary N) is 2. The van der Waals surface area contributed by atoms with E-state index in [4.69, 9.17) is 14.5 Å². The molecule has 0 aliphatic heterocycles. The first kappa shape index (κ1) is 28.1. The molecule has 198 valence electrons. The molecule has 1 aliphatic rings. The molecule has 0 saturated heterocycles. The molecule has 1 saturated carbocycles. The van der Waals surface area contributed by atoms with Crippen LogP contribution in [0.3, 0.4) is 0 Å². The van der Waals surface area contributed by atoms with Crippen molar-refractivity contribution < 1.29 is 17.9 Å². The summed E-state index contributed by atoms with van der Waals surface area (Å²) in [6.07, 6.45) is 1.67. The monoisotopic (exact) mass is 534 g/mol. The van der Waals surface area contributed by atoms with Gasteiger partial charge in [-0.3, -0.25) is 0 Å². The first-order valence-electron chi connectivity index (χ1n) is 12.2. The van der Waals surface area contributed by atoms with Crippen LogP contribution in [0.5, 0.6) is 11.5 Å². The minimum atomic E-state index is -2.94. The summed E-state index contributed by atoms with van der Waals surface area (Å²) in [5.41, 5.74) is 2.14. The molecule has 8 nitrogen and oxygen atoms in total. The second kappa shape index (κ2) is 11.3. The van der Waals surface area contributed by atoms with Crippen LogP contribution in [0.1, 0.15) is 61.3 Å². The van der Waals surface area contributed by atoms with Gasteiger partial charge >= 0.3 is 0 Å². The zero-order chi connectivity index (χ0) is 26.7. The quantitative estimate of drug-likeness (QED) is 0.374. The molecule has 10 heteroatoms. The Hall–Kier alpha value is -2.43. The number of ether oxygens (including phenoxy) is 2. The number of nitrogens with zero attached hydrogens (tertiary/aromatic N) is 2. The van der Waals surface area contributed by atoms with Gasteiger partial charge in [-0.25, -0.2) is 23.1 Å². The van der Waals surface area contributed by atoms with E-state index >= 15 is 0 Å². The van der Waals surface area contributed by atoms with Gasteiger partial charge in [0.15, 0.2) is 5.13 Å². The van der Waals surface area contributed by atoms with Crippen LogP contribution in [0.4, 0.5) is 5.13 Å². The van der Waals surface area contributed by atoms with E-state index in [9.17, 15) is 8.42 Å². The van der Waals surface area contributed by atoms with E-state index in [1.165, 1.54) is 0 Å². The van der Waals surface area contributed by atoms with Crippen molar-refractivity contribution in [3.63, 3.8) is 0 Å². The summed E-state index contributed by atoms with van der Waals surface area (Å²) < 4.78 is 36.3. The number of sulfonamides is 1. The highest BCUT2D eigenvalue weighted by molar-refractivity contribution is 7.90. The van der Waals surface area contributed by atoms with E-state index in [-0.39, 0.29) is 16.9 Å². The van der Waals surface area contributed by atoms with Crippen molar-refractivity contribution >= 4 is 37.4 Å². The second-order valence-corrected chi connectivity index (χ2v) is 13.3. The molecule has 3 aromatic rings. The average Bonchev–Trinajstić information content (AvgIpc) is 3.52. The minimum Gasteiger partial charge on any atom is -0.497 e. The lowest BCUT2D eigenvalue weighted by atomic mass is 10.1. The predicted octanol–water partition coefficient (Wildman–Crippen LogP) is 5.84. The first-order valence-corrected chi connectivity index (χ1v) is 14.6. The molecule has 2 heterocycles. The molecule has 0 spiro atoms. The van der Waals surface area contributed by atoms with Crippen molar-refractivity contribution in [2.45, 2.75) is 84.2 Å². The van der Waals surface area contributed by atoms with E-state index in [2.05, 4.69) is 28.9 Å². The van der Waals surface area contributed by atoms with Crippen LogP contribution in [-0.4, -0.2) is 48.4 Å². The van der Waals surface area contributed by atoms with Crippen molar-refractivity contribution in [1.82, 2.24) is 14.7 Å². The Bertz CT molecular complexity index is 1280. The van der Waals surface area contributed by atoms with Gasteiger partial charge in [0, 0.05) is 35.0 Å². The largest absolute Gasteiger partial charge is 0.497 e. The van der Waals surface area contributed by atoms with Crippen LogP contribution in [-0.2, 0) is 10.0 Å². The SMILES string of the molecule is CC(C)NS(=O)(=O)C1CC1.COc1ccc2c(OC(C)(C)C)cc(-c3csc(NC(C)C)n3)nc2c1. The van der Waals surface area contributed by atoms with E-state index in [0.717, 1.165) is 51.8 Å². The fraction of sp³-hybridized carbons (Fsp3) is 0.538. The van der Waals surface area contributed by atoms with Gasteiger partial charge in [0.2, 0.25) is 10.0 Å². The summed E-state index contributed by atoms with van der Waals surface area (Å²) in [7, 11) is -1.28. The highest BCUT2D eigenvalue weighted by Gasteiger charge is 2.35. The van der Waals surface area contributed by atoms with E-state index in [1.807, 2.05) is 64.3 Å². The predicted molar refractivity (Wildman–Crippen MR) is 149 cm³/mol. The number of rotatable bonds is 8. The topological polar surface area (TPSA) is 102 Å². The van der Waals surface area contributed by atoms with Gasteiger partial charge in [-0.2, -0.15) is 0 Å². The smallest absolute Gasteiger partial charge is 0.214 e. The van der Waals surface area contributed by atoms with Gasteiger partial charge in [0.1, 0.15) is 22.8 Å². The van der Waals surface area contributed by atoms with Crippen LogP contribution < -0.4 is 19.5 Å². The lowest BCUT2D eigenvalue weighted by Crippen LogP contribution is -2.32. The number of methoxy groups -OCH3 is 1. The molecule has 0 unspecified atom stereocenters. The van der Waals surface area contributed by atoms with Crippen molar-refractivity contribution in [2.75, 3.05) is 12.4 Å². The number of fused-ring (bicyclic) bond motifs is 1. The van der Waals surface area contributed by atoms with Gasteiger partial charge < -0.3 is 14.8 Å². The average molecular weight is 535 g/mol. The van der Waals surface area contributed by atoms with Gasteiger partial charge in [-0.1, -0.05) is 0 Å². The molecule has 0 atom stereocenters. The number of benzene rings is 1. The van der Waals surface area contributed by atoms with Crippen molar-refractivity contribution in [2.24, 2.45) is 0 Å². The van der Waals surface area contributed by atoms with Crippen LogP contribution >= 0.6 is 11.3 Å². The molecule has 0 bridgehead atoms. The number of hydrogen-bond donors (Lipinski definition) is 2. The molecule has 1 aromatic carbocycles. The maximum Gasteiger partial charge on any atom is 0.214 e. The third kappa shape index (κ3) is 8.04. The summed E-state index contributed by atoms with van der Waals surface area (Å²) >= 11 is 1.58. The Balaban J connectivity index is 0.000000303. The summed E-state index contributed by atoms with van der Waals surface area (Å²) in [6, 6.07) is 8.17. The highest BCUT2D eigenvalue weighted by Crippen LogP contribution is 2.35. The molecule has 2 aromatic heterocycles. The zero-order valence-electron chi connectivity index (χ0n) is 22.4. The van der Waals surface area contributed by atoms with Gasteiger partial charge in [0.05, 0.1) is 23.6 Å². The van der Waals surface area contributed by atoms with Gasteiger partial charge in [0.25, 0.3) is 0 Å². The summed E-state index contributed by atoms with van der Waals surface area (Å²) in [4.78, 5) is 9.46. The standard InChI is InChI=1S/C20H25N3O2S.C6H13NO2S/c1-12(2)21-19-23-17(11-26-19)16-10-18(25-20(3,4)5)14-8-7-13(24-6)9-15(14)22-16;1-5(2)7-10(8,9)6-3-4-6/h7-12H,1-6H3,(H,21,23);5-7H,3-4H2,1-2H3. The maximum absolute atomic E-state index is 11.1.